The molecule has 3 heteroatoms. The van der Waals surface area contributed by atoms with Crippen molar-refractivity contribution in [2.24, 2.45) is 11.7 Å². The Kier molecular flexibility index (Phi) is 3.28. The van der Waals surface area contributed by atoms with Gasteiger partial charge in [-0.05, 0) is 36.5 Å². The van der Waals surface area contributed by atoms with Crippen LogP contribution < -0.4 is 5.73 Å². The molecule has 1 saturated carbocycles. The topological polar surface area (TPSA) is 26.0 Å². The van der Waals surface area contributed by atoms with Gasteiger partial charge in [-0.15, -0.1) is 12.4 Å². The highest BCUT2D eigenvalue weighted by Gasteiger charge is 2.29. The van der Waals surface area contributed by atoms with Gasteiger partial charge in [0.25, 0.3) is 0 Å². The Morgan fingerprint density at radius 3 is 2.62 bits per heavy atom. The largest absolute Gasteiger partial charge is 0.324 e. The van der Waals surface area contributed by atoms with Gasteiger partial charge in [0.15, 0.2) is 0 Å². The molecule has 1 aromatic carbocycles. The van der Waals surface area contributed by atoms with Crippen LogP contribution in [0.4, 0.5) is 4.39 Å². The van der Waals surface area contributed by atoms with E-state index in [1.807, 2.05) is 6.07 Å². The third kappa shape index (κ3) is 2.42. The van der Waals surface area contributed by atoms with E-state index < -0.39 is 0 Å². The lowest BCUT2D eigenvalue weighted by Crippen LogP contribution is -2.12. The number of nitrogens with two attached hydrogens (primary N) is 1. The molecule has 1 aliphatic rings. The maximum absolute atomic E-state index is 12.8. The van der Waals surface area contributed by atoms with E-state index >= 15 is 0 Å². The number of benzene rings is 1. The van der Waals surface area contributed by atoms with Crippen LogP contribution in [-0.4, -0.2) is 0 Å². The number of hydrogen-bond acceptors (Lipinski definition) is 1. The highest BCUT2D eigenvalue weighted by molar-refractivity contribution is 5.85. The van der Waals surface area contributed by atoms with Crippen LogP contribution in [0.2, 0.25) is 0 Å². The number of halogens is 2. The van der Waals surface area contributed by atoms with Crippen LogP contribution in [0.5, 0.6) is 0 Å². The molecule has 0 bridgehead atoms. The molecule has 1 unspecified atom stereocenters. The lowest BCUT2D eigenvalue weighted by molar-refractivity contribution is 0.602. The van der Waals surface area contributed by atoms with Crippen molar-refractivity contribution in [3.05, 3.63) is 35.6 Å². The lowest BCUT2D eigenvalue weighted by atomic mass is 10.0. The van der Waals surface area contributed by atoms with Crippen LogP contribution in [0.25, 0.3) is 0 Å². The minimum atomic E-state index is -0.191. The summed E-state index contributed by atoms with van der Waals surface area (Å²) in [5.74, 6) is 0.399. The van der Waals surface area contributed by atoms with E-state index in [0.29, 0.717) is 5.92 Å². The summed E-state index contributed by atoms with van der Waals surface area (Å²) in [5, 5.41) is 0. The molecule has 0 radical (unpaired) electrons. The summed E-state index contributed by atoms with van der Waals surface area (Å²) < 4.78 is 12.8. The predicted molar refractivity (Wildman–Crippen MR) is 53.3 cm³/mol. The first kappa shape index (κ1) is 10.5. The minimum absolute atomic E-state index is 0. The normalized spacial score (nSPS) is 17.7. The monoisotopic (exact) mass is 201 g/mol. The van der Waals surface area contributed by atoms with Crippen LogP contribution in [0, 0.1) is 11.7 Å². The maximum Gasteiger partial charge on any atom is 0.123 e. The van der Waals surface area contributed by atoms with Crippen molar-refractivity contribution in [2.45, 2.75) is 18.9 Å². The summed E-state index contributed by atoms with van der Waals surface area (Å²) in [6, 6.07) is 6.63. The quantitative estimate of drug-likeness (QED) is 0.782. The van der Waals surface area contributed by atoms with Crippen LogP contribution in [-0.2, 0) is 0 Å². The molecule has 0 spiro atoms. The molecule has 1 nitrogen and oxygen atoms in total. The van der Waals surface area contributed by atoms with Crippen LogP contribution in [0.15, 0.2) is 24.3 Å². The third-order valence-electron chi connectivity index (χ3n) is 2.36. The molecule has 2 N–H and O–H groups in total. The first-order valence-corrected chi connectivity index (χ1v) is 4.28. The summed E-state index contributed by atoms with van der Waals surface area (Å²) >= 11 is 0. The fourth-order valence-electron chi connectivity index (χ4n) is 1.44. The molecule has 13 heavy (non-hydrogen) atoms. The Labute approximate surface area is 83.5 Å². The smallest absolute Gasteiger partial charge is 0.123 e. The van der Waals surface area contributed by atoms with Crippen LogP contribution in [0.1, 0.15) is 24.4 Å². The number of rotatable bonds is 2. The lowest BCUT2D eigenvalue weighted by Gasteiger charge is -2.09. The van der Waals surface area contributed by atoms with Gasteiger partial charge >= 0.3 is 0 Å². The van der Waals surface area contributed by atoms with E-state index in [1.165, 1.54) is 25.0 Å². The Hall–Kier alpha value is -0.600. The van der Waals surface area contributed by atoms with Gasteiger partial charge < -0.3 is 5.73 Å². The zero-order chi connectivity index (χ0) is 8.55. The summed E-state index contributed by atoms with van der Waals surface area (Å²) in [6.45, 7) is 0. The zero-order valence-electron chi connectivity index (χ0n) is 7.24. The van der Waals surface area contributed by atoms with Crippen LogP contribution in [0.3, 0.4) is 0 Å². The van der Waals surface area contributed by atoms with Crippen LogP contribution >= 0.6 is 12.4 Å². The molecule has 0 aromatic heterocycles. The summed E-state index contributed by atoms with van der Waals surface area (Å²) in [7, 11) is 0. The van der Waals surface area contributed by atoms with Gasteiger partial charge in [-0.2, -0.15) is 0 Å². The van der Waals surface area contributed by atoms with E-state index in [0.717, 1.165) is 5.56 Å². The van der Waals surface area contributed by atoms with Crippen molar-refractivity contribution < 1.29 is 4.39 Å². The van der Waals surface area contributed by atoms with E-state index in [1.54, 1.807) is 6.07 Å². The second kappa shape index (κ2) is 4.07. The Bertz CT molecular complexity index is 286. The molecule has 1 aliphatic carbocycles. The molecular weight excluding hydrogens is 189 g/mol. The first-order chi connectivity index (χ1) is 5.77. The molecule has 72 valence electrons. The fourth-order valence-corrected chi connectivity index (χ4v) is 1.44. The Balaban J connectivity index is 0.000000845. The van der Waals surface area contributed by atoms with E-state index in [9.17, 15) is 4.39 Å². The van der Waals surface area contributed by atoms with Gasteiger partial charge in [0.1, 0.15) is 5.82 Å². The molecule has 2 rings (SSSR count). The molecule has 0 amide bonds. The predicted octanol–water partition coefficient (Wildman–Crippen LogP) is 2.66. The summed E-state index contributed by atoms with van der Waals surface area (Å²) in [5.41, 5.74) is 6.83. The van der Waals surface area contributed by atoms with E-state index in [2.05, 4.69) is 0 Å². The molecule has 0 saturated heterocycles. The van der Waals surface area contributed by atoms with Crippen molar-refractivity contribution in [3.8, 4) is 0 Å². The number of hydrogen-bond donors (Lipinski definition) is 1. The highest BCUT2D eigenvalue weighted by atomic mass is 35.5. The first-order valence-electron chi connectivity index (χ1n) is 4.28. The second-order valence-corrected chi connectivity index (χ2v) is 3.42. The Morgan fingerprint density at radius 2 is 2.08 bits per heavy atom. The summed E-state index contributed by atoms with van der Waals surface area (Å²) in [6.07, 6.45) is 2.38. The van der Waals surface area contributed by atoms with E-state index in [-0.39, 0.29) is 24.3 Å². The average Bonchev–Trinajstić information content (AvgIpc) is 2.85. The fraction of sp³-hybridized carbons (Fsp3) is 0.400. The van der Waals surface area contributed by atoms with Crippen molar-refractivity contribution in [3.63, 3.8) is 0 Å². The standard InChI is InChI=1S/C10H12FN.ClH/c11-9-3-1-2-8(6-9)10(12)7-4-5-7;/h1-3,6-7,10H,4-5,12H2;1H. The highest BCUT2D eigenvalue weighted by Crippen LogP contribution is 2.39. The molecule has 1 fully saturated rings. The van der Waals surface area contributed by atoms with Crippen molar-refractivity contribution in [1.29, 1.82) is 0 Å². The minimum Gasteiger partial charge on any atom is -0.324 e. The van der Waals surface area contributed by atoms with Crippen molar-refractivity contribution >= 4 is 12.4 Å². The summed E-state index contributed by atoms with van der Waals surface area (Å²) in [4.78, 5) is 0. The molecule has 0 aliphatic heterocycles. The van der Waals surface area contributed by atoms with Gasteiger partial charge in [0.05, 0.1) is 0 Å². The van der Waals surface area contributed by atoms with Gasteiger partial charge in [0.2, 0.25) is 0 Å². The van der Waals surface area contributed by atoms with Gasteiger partial charge in [-0.25, -0.2) is 4.39 Å². The van der Waals surface area contributed by atoms with E-state index in [4.69, 9.17) is 5.73 Å². The zero-order valence-corrected chi connectivity index (χ0v) is 8.06. The Morgan fingerprint density at radius 1 is 1.38 bits per heavy atom. The molecule has 1 aromatic rings. The van der Waals surface area contributed by atoms with Gasteiger partial charge in [-0.1, -0.05) is 12.1 Å². The van der Waals surface area contributed by atoms with Gasteiger partial charge in [-0.3, -0.25) is 0 Å². The van der Waals surface area contributed by atoms with Gasteiger partial charge in [0, 0.05) is 6.04 Å². The maximum atomic E-state index is 12.8. The second-order valence-electron chi connectivity index (χ2n) is 3.42. The van der Waals surface area contributed by atoms with Crippen molar-refractivity contribution in [2.75, 3.05) is 0 Å². The van der Waals surface area contributed by atoms with Crippen molar-refractivity contribution in [1.82, 2.24) is 0 Å². The third-order valence-corrected chi connectivity index (χ3v) is 2.36. The average molecular weight is 202 g/mol. The molecule has 1 atom stereocenters. The SMILES string of the molecule is Cl.NC(c1cccc(F)c1)C1CC1. The molecular formula is C10H13ClFN. The molecule has 0 heterocycles.